The summed E-state index contributed by atoms with van der Waals surface area (Å²) in [5.74, 6) is 0.996. The van der Waals surface area contributed by atoms with Gasteiger partial charge in [-0.05, 0) is 44.7 Å². The third-order valence-electron chi connectivity index (χ3n) is 3.06. The Labute approximate surface area is 111 Å². The Hall–Kier alpha value is -1.50. The molecule has 0 saturated carbocycles. The molecule has 0 spiro atoms. The normalized spacial score (nSPS) is 12.1. The van der Waals surface area contributed by atoms with Gasteiger partial charge in [0.25, 0.3) is 0 Å². The van der Waals surface area contributed by atoms with Crippen molar-refractivity contribution < 1.29 is 4.74 Å². The lowest BCUT2D eigenvalue weighted by Crippen LogP contribution is -1.94. The summed E-state index contributed by atoms with van der Waals surface area (Å²) in [4.78, 5) is 0. The van der Waals surface area contributed by atoms with Gasteiger partial charge in [-0.1, -0.05) is 48.4 Å². The van der Waals surface area contributed by atoms with Gasteiger partial charge in [0.15, 0.2) is 0 Å². The van der Waals surface area contributed by atoms with Crippen molar-refractivity contribution in [1.82, 2.24) is 0 Å². The molecule has 0 aromatic heterocycles. The van der Waals surface area contributed by atoms with Crippen molar-refractivity contribution in [2.75, 3.05) is 7.11 Å². The zero-order valence-corrected chi connectivity index (χ0v) is 12.0. The number of benzene rings is 1. The van der Waals surface area contributed by atoms with Gasteiger partial charge in [0.1, 0.15) is 5.75 Å². The van der Waals surface area contributed by atoms with Crippen molar-refractivity contribution in [1.29, 1.82) is 0 Å². The highest BCUT2D eigenvalue weighted by Gasteiger charge is 2.03. The molecule has 1 heteroatoms. The van der Waals surface area contributed by atoms with Crippen LogP contribution in [0.4, 0.5) is 0 Å². The van der Waals surface area contributed by atoms with Gasteiger partial charge in [-0.25, -0.2) is 0 Å². The van der Waals surface area contributed by atoms with Crippen molar-refractivity contribution in [3.8, 4) is 5.75 Å². The molecule has 1 aromatic carbocycles. The van der Waals surface area contributed by atoms with E-state index in [4.69, 9.17) is 4.74 Å². The monoisotopic (exact) mass is 244 g/mol. The fraction of sp³-hybridized carbons (Fsp3) is 0.412. The number of allylic oxidation sites excluding steroid dienone is 4. The van der Waals surface area contributed by atoms with Crippen LogP contribution < -0.4 is 4.74 Å². The van der Waals surface area contributed by atoms with E-state index in [0.29, 0.717) is 0 Å². The van der Waals surface area contributed by atoms with Crippen molar-refractivity contribution in [2.45, 2.75) is 40.0 Å². The number of methoxy groups -OCH3 is 1. The van der Waals surface area contributed by atoms with E-state index < -0.39 is 0 Å². The third-order valence-corrected chi connectivity index (χ3v) is 3.06. The van der Waals surface area contributed by atoms with Crippen molar-refractivity contribution in [2.24, 2.45) is 0 Å². The highest BCUT2D eigenvalue weighted by molar-refractivity contribution is 5.37. The van der Waals surface area contributed by atoms with E-state index in [9.17, 15) is 0 Å². The Kier molecular flexibility index (Phi) is 6.27. The summed E-state index contributed by atoms with van der Waals surface area (Å²) in [5, 5.41) is 0. The maximum absolute atomic E-state index is 5.41. The standard InChI is InChI=1S/C17H24O/c1-5-7-8-15(6-2)10-11-16-13-14(3)9-12-17(16)18-4/h6-9,12-13H,5,10-11H2,1-4H3/b8-7-,15-6+. The molecule has 1 rings (SSSR count). The van der Waals surface area contributed by atoms with Crippen molar-refractivity contribution in [3.63, 3.8) is 0 Å². The Morgan fingerprint density at radius 2 is 2.11 bits per heavy atom. The van der Waals surface area contributed by atoms with Crippen LogP contribution in [-0.4, -0.2) is 7.11 Å². The SMILES string of the molecule is C/C=C(\C=C/CC)CCc1cc(C)ccc1OC. The number of hydrogen-bond donors (Lipinski definition) is 0. The van der Waals surface area contributed by atoms with Crippen LogP contribution in [-0.2, 0) is 6.42 Å². The van der Waals surface area contributed by atoms with Gasteiger partial charge in [0, 0.05) is 0 Å². The molecular formula is C17H24O. The van der Waals surface area contributed by atoms with E-state index in [1.165, 1.54) is 16.7 Å². The topological polar surface area (TPSA) is 9.23 Å². The molecule has 98 valence electrons. The Bertz CT molecular complexity index is 427. The van der Waals surface area contributed by atoms with Gasteiger partial charge in [-0.15, -0.1) is 0 Å². The zero-order valence-electron chi connectivity index (χ0n) is 12.0. The lowest BCUT2D eigenvalue weighted by molar-refractivity contribution is 0.409. The van der Waals surface area contributed by atoms with Crippen LogP contribution >= 0.6 is 0 Å². The molecule has 0 fully saturated rings. The lowest BCUT2D eigenvalue weighted by Gasteiger charge is -2.09. The maximum atomic E-state index is 5.41. The summed E-state index contributed by atoms with van der Waals surface area (Å²) in [6.45, 7) is 6.38. The average molecular weight is 244 g/mol. The second-order valence-corrected chi connectivity index (χ2v) is 4.49. The molecule has 18 heavy (non-hydrogen) atoms. The quantitative estimate of drug-likeness (QED) is 0.650. The smallest absolute Gasteiger partial charge is 0.122 e. The van der Waals surface area contributed by atoms with E-state index in [1.54, 1.807) is 7.11 Å². The summed E-state index contributed by atoms with van der Waals surface area (Å²) < 4.78 is 5.41. The fourth-order valence-electron chi connectivity index (χ4n) is 1.97. The molecule has 0 bridgehead atoms. The van der Waals surface area contributed by atoms with E-state index in [0.717, 1.165) is 25.0 Å². The Morgan fingerprint density at radius 1 is 1.33 bits per heavy atom. The third kappa shape index (κ3) is 4.40. The van der Waals surface area contributed by atoms with Crippen molar-refractivity contribution in [3.05, 3.63) is 53.1 Å². The molecule has 0 saturated heterocycles. The summed E-state index contributed by atoms with van der Waals surface area (Å²) in [5.41, 5.74) is 3.97. The predicted octanol–water partition coefficient (Wildman–Crippen LogP) is 4.85. The summed E-state index contributed by atoms with van der Waals surface area (Å²) >= 11 is 0. The predicted molar refractivity (Wildman–Crippen MR) is 79.2 cm³/mol. The molecule has 1 nitrogen and oxygen atoms in total. The molecule has 0 radical (unpaired) electrons. The van der Waals surface area contributed by atoms with Crippen LogP contribution in [0.5, 0.6) is 5.75 Å². The van der Waals surface area contributed by atoms with Crippen LogP contribution in [0.1, 0.15) is 37.8 Å². The fourth-order valence-corrected chi connectivity index (χ4v) is 1.97. The average Bonchev–Trinajstić information content (AvgIpc) is 2.39. The van der Waals surface area contributed by atoms with E-state index >= 15 is 0 Å². The van der Waals surface area contributed by atoms with Crippen LogP contribution in [0, 0.1) is 6.92 Å². The largest absolute Gasteiger partial charge is 0.496 e. The molecule has 0 heterocycles. The second-order valence-electron chi connectivity index (χ2n) is 4.49. The first-order valence-corrected chi connectivity index (χ1v) is 6.66. The Morgan fingerprint density at radius 3 is 2.72 bits per heavy atom. The van der Waals surface area contributed by atoms with Crippen LogP contribution in [0.2, 0.25) is 0 Å². The number of hydrogen-bond acceptors (Lipinski definition) is 1. The van der Waals surface area contributed by atoms with Crippen LogP contribution in [0.3, 0.4) is 0 Å². The minimum absolute atomic E-state index is 0.996. The molecule has 0 aliphatic heterocycles. The second kappa shape index (κ2) is 7.75. The number of aryl methyl sites for hydroxylation is 2. The van der Waals surface area contributed by atoms with Gasteiger partial charge < -0.3 is 4.74 Å². The van der Waals surface area contributed by atoms with Gasteiger partial charge in [0.2, 0.25) is 0 Å². The first-order chi connectivity index (χ1) is 8.71. The molecule has 0 aliphatic carbocycles. The minimum atomic E-state index is 0.996. The lowest BCUT2D eigenvalue weighted by atomic mass is 10.0. The van der Waals surface area contributed by atoms with E-state index in [-0.39, 0.29) is 0 Å². The van der Waals surface area contributed by atoms with Crippen LogP contribution in [0.15, 0.2) is 42.0 Å². The molecule has 0 unspecified atom stereocenters. The number of rotatable bonds is 6. The first kappa shape index (κ1) is 14.6. The molecule has 1 aromatic rings. The molecular weight excluding hydrogens is 220 g/mol. The zero-order chi connectivity index (χ0) is 13.4. The first-order valence-electron chi connectivity index (χ1n) is 6.66. The summed E-state index contributed by atoms with van der Waals surface area (Å²) in [6, 6.07) is 6.37. The van der Waals surface area contributed by atoms with Gasteiger partial charge in [-0.3, -0.25) is 0 Å². The minimum Gasteiger partial charge on any atom is -0.496 e. The molecule has 0 N–H and O–H groups in total. The summed E-state index contributed by atoms with van der Waals surface area (Å²) in [6.07, 6.45) is 9.80. The van der Waals surface area contributed by atoms with E-state index in [1.807, 2.05) is 0 Å². The highest BCUT2D eigenvalue weighted by Crippen LogP contribution is 2.22. The summed E-state index contributed by atoms with van der Waals surface area (Å²) in [7, 11) is 1.74. The van der Waals surface area contributed by atoms with Gasteiger partial charge >= 0.3 is 0 Å². The molecule has 0 amide bonds. The van der Waals surface area contributed by atoms with Gasteiger partial charge in [0.05, 0.1) is 7.11 Å². The van der Waals surface area contributed by atoms with Crippen molar-refractivity contribution >= 4 is 0 Å². The van der Waals surface area contributed by atoms with Gasteiger partial charge in [-0.2, -0.15) is 0 Å². The highest BCUT2D eigenvalue weighted by atomic mass is 16.5. The number of ether oxygens (including phenoxy) is 1. The molecule has 0 aliphatic rings. The van der Waals surface area contributed by atoms with E-state index in [2.05, 4.69) is 57.2 Å². The maximum Gasteiger partial charge on any atom is 0.122 e. The molecule has 0 atom stereocenters. The Balaban J connectivity index is 2.73. The van der Waals surface area contributed by atoms with Crippen LogP contribution in [0.25, 0.3) is 0 Å².